The van der Waals surface area contributed by atoms with Crippen molar-refractivity contribution < 1.29 is 38.8 Å². The van der Waals surface area contributed by atoms with Crippen LogP contribution in [0.25, 0.3) is 5.76 Å². The minimum atomic E-state index is -1.14. The molecule has 0 spiro atoms. The number of hydrogen-bond acceptors (Lipinski definition) is 10. The standard InChI is InChI=1S/C26H24N2O8S/c1-5-36-25(33)23-13(2)27-26(37-23)28-20(14-9-10-17(29)18(12-14)35-4)19(22(31)24(28)32)21(30)15-7-6-8-16(11-15)34-3/h6-12,20,29-30H,5H2,1-4H3. The summed E-state index contributed by atoms with van der Waals surface area (Å²) in [6.45, 7) is 3.42. The highest BCUT2D eigenvalue weighted by molar-refractivity contribution is 7.17. The fraction of sp³-hybridized carbons (Fsp3) is 0.231. The second kappa shape index (κ2) is 10.3. The van der Waals surface area contributed by atoms with E-state index in [9.17, 15) is 24.6 Å². The fourth-order valence-corrected chi connectivity index (χ4v) is 4.99. The quantitative estimate of drug-likeness (QED) is 0.204. The number of amides is 1. The fourth-order valence-electron chi connectivity index (χ4n) is 4.01. The van der Waals surface area contributed by atoms with E-state index in [1.54, 1.807) is 32.0 Å². The number of thiazole rings is 1. The van der Waals surface area contributed by atoms with Gasteiger partial charge < -0.3 is 24.4 Å². The third-order valence-corrected chi connectivity index (χ3v) is 6.90. The number of esters is 1. The number of aryl methyl sites for hydroxylation is 1. The first-order valence-electron chi connectivity index (χ1n) is 11.2. The summed E-state index contributed by atoms with van der Waals surface area (Å²) in [5.74, 6) is -2.50. The molecule has 2 heterocycles. The van der Waals surface area contributed by atoms with Gasteiger partial charge in [-0.05, 0) is 43.7 Å². The molecule has 11 heteroatoms. The lowest BCUT2D eigenvalue weighted by atomic mass is 9.95. The van der Waals surface area contributed by atoms with Crippen LogP contribution in [0.1, 0.15) is 39.5 Å². The number of aromatic hydroxyl groups is 1. The number of aliphatic hydroxyl groups excluding tert-OH is 1. The molecule has 1 unspecified atom stereocenters. The van der Waals surface area contributed by atoms with E-state index in [2.05, 4.69) is 4.98 Å². The molecule has 1 fully saturated rings. The first kappa shape index (κ1) is 25.7. The molecule has 10 nitrogen and oxygen atoms in total. The normalized spacial score (nSPS) is 16.6. The number of rotatable bonds is 7. The van der Waals surface area contributed by atoms with Crippen LogP contribution in [0.4, 0.5) is 5.13 Å². The smallest absolute Gasteiger partial charge is 0.350 e. The van der Waals surface area contributed by atoms with Crippen LogP contribution >= 0.6 is 11.3 Å². The maximum atomic E-state index is 13.4. The number of nitrogens with zero attached hydrogens (tertiary/aromatic N) is 2. The van der Waals surface area contributed by atoms with Gasteiger partial charge in [0.2, 0.25) is 0 Å². The number of phenolic OH excluding ortho intramolecular Hbond substituents is 1. The molecule has 2 N–H and O–H groups in total. The van der Waals surface area contributed by atoms with Gasteiger partial charge in [-0.2, -0.15) is 0 Å². The third-order valence-electron chi connectivity index (χ3n) is 5.76. The van der Waals surface area contributed by atoms with Crippen LogP contribution in [0.3, 0.4) is 0 Å². The molecule has 1 saturated heterocycles. The Balaban J connectivity index is 1.95. The van der Waals surface area contributed by atoms with Crippen LogP contribution in [-0.4, -0.2) is 53.7 Å². The molecule has 1 aliphatic heterocycles. The average Bonchev–Trinajstić information content (AvgIpc) is 3.40. The van der Waals surface area contributed by atoms with Crippen LogP contribution < -0.4 is 14.4 Å². The van der Waals surface area contributed by atoms with Crippen molar-refractivity contribution in [2.45, 2.75) is 19.9 Å². The van der Waals surface area contributed by atoms with Gasteiger partial charge in [-0.15, -0.1) is 0 Å². The second-order valence-electron chi connectivity index (χ2n) is 7.96. The monoisotopic (exact) mass is 524 g/mol. The van der Waals surface area contributed by atoms with E-state index in [0.29, 0.717) is 17.0 Å². The van der Waals surface area contributed by atoms with Gasteiger partial charge >= 0.3 is 11.9 Å². The zero-order chi connectivity index (χ0) is 26.9. The average molecular weight is 525 g/mol. The van der Waals surface area contributed by atoms with E-state index in [-0.39, 0.29) is 39.3 Å². The lowest BCUT2D eigenvalue weighted by Gasteiger charge is -2.23. The van der Waals surface area contributed by atoms with E-state index >= 15 is 0 Å². The summed E-state index contributed by atoms with van der Waals surface area (Å²) in [6.07, 6.45) is 0. The van der Waals surface area contributed by atoms with Gasteiger partial charge in [0.05, 0.1) is 38.1 Å². The largest absolute Gasteiger partial charge is 0.507 e. The molecule has 1 aromatic heterocycles. The van der Waals surface area contributed by atoms with Crippen LogP contribution in [0.5, 0.6) is 17.2 Å². The summed E-state index contributed by atoms with van der Waals surface area (Å²) < 4.78 is 15.5. The van der Waals surface area contributed by atoms with E-state index in [1.807, 2.05) is 0 Å². The topological polar surface area (TPSA) is 135 Å². The van der Waals surface area contributed by atoms with Gasteiger partial charge in [0, 0.05) is 5.56 Å². The Morgan fingerprint density at radius 2 is 1.89 bits per heavy atom. The van der Waals surface area contributed by atoms with Crippen molar-refractivity contribution in [1.29, 1.82) is 0 Å². The molecule has 192 valence electrons. The first-order valence-corrected chi connectivity index (χ1v) is 12.0. The Hall–Kier alpha value is -4.38. The number of anilines is 1. The van der Waals surface area contributed by atoms with Crippen LogP contribution in [0, 0.1) is 6.92 Å². The summed E-state index contributed by atoms with van der Waals surface area (Å²) >= 11 is 0.900. The Morgan fingerprint density at radius 3 is 2.57 bits per heavy atom. The first-order chi connectivity index (χ1) is 17.7. The summed E-state index contributed by atoms with van der Waals surface area (Å²) in [5, 5.41) is 21.5. The number of aliphatic hydroxyl groups is 1. The van der Waals surface area contributed by atoms with E-state index < -0.39 is 29.5 Å². The van der Waals surface area contributed by atoms with Gasteiger partial charge in [-0.25, -0.2) is 9.78 Å². The molecule has 37 heavy (non-hydrogen) atoms. The Morgan fingerprint density at radius 1 is 1.14 bits per heavy atom. The molecule has 0 saturated carbocycles. The molecule has 4 rings (SSSR count). The second-order valence-corrected chi connectivity index (χ2v) is 8.94. The number of Topliss-reactive ketones (excluding diaryl/α,β-unsaturated/α-hetero) is 1. The van der Waals surface area contributed by atoms with E-state index in [0.717, 1.165) is 16.2 Å². The lowest BCUT2D eigenvalue weighted by Crippen LogP contribution is -2.29. The van der Waals surface area contributed by atoms with Crippen LogP contribution in [0.15, 0.2) is 48.0 Å². The van der Waals surface area contributed by atoms with E-state index in [1.165, 1.54) is 38.5 Å². The molecule has 0 aliphatic carbocycles. The van der Waals surface area contributed by atoms with Crippen LogP contribution in [0.2, 0.25) is 0 Å². The molecular formula is C26H24N2O8S. The predicted octanol–water partition coefficient (Wildman–Crippen LogP) is 3.98. The summed E-state index contributed by atoms with van der Waals surface area (Å²) in [5.41, 5.74) is 0.756. The highest BCUT2D eigenvalue weighted by atomic mass is 32.1. The molecule has 1 aliphatic rings. The minimum Gasteiger partial charge on any atom is -0.507 e. The van der Waals surface area contributed by atoms with Crippen molar-refractivity contribution in [2.24, 2.45) is 0 Å². The molecule has 0 radical (unpaired) electrons. The Bertz CT molecular complexity index is 1430. The molecule has 2 aromatic carbocycles. The number of benzene rings is 2. The Labute approximate surface area is 216 Å². The molecular weight excluding hydrogens is 500 g/mol. The minimum absolute atomic E-state index is 0.0735. The molecule has 0 bridgehead atoms. The van der Waals surface area contributed by atoms with Gasteiger partial charge in [-0.1, -0.05) is 29.5 Å². The zero-order valence-electron chi connectivity index (χ0n) is 20.5. The number of aromatic nitrogens is 1. The molecule has 3 aromatic rings. The number of ketones is 1. The Kier molecular flexibility index (Phi) is 7.16. The highest BCUT2D eigenvalue weighted by Crippen LogP contribution is 2.45. The highest BCUT2D eigenvalue weighted by Gasteiger charge is 2.48. The summed E-state index contributed by atoms with van der Waals surface area (Å²) in [4.78, 5) is 44.8. The third kappa shape index (κ3) is 4.60. The van der Waals surface area contributed by atoms with Gasteiger partial charge in [-0.3, -0.25) is 14.5 Å². The number of carbonyl (C=O) groups is 3. The van der Waals surface area contributed by atoms with Gasteiger partial charge in [0.15, 0.2) is 16.6 Å². The van der Waals surface area contributed by atoms with Crippen molar-refractivity contribution in [3.05, 3.63) is 69.7 Å². The van der Waals surface area contributed by atoms with Gasteiger partial charge in [0.1, 0.15) is 16.4 Å². The SMILES string of the molecule is CCOC(=O)c1sc(N2C(=O)C(=O)C(=C(O)c3cccc(OC)c3)C2c2ccc(O)c(OC)c2)nc1C. The number of hydrogen-bond donors (Lipinski definition) is 2. The molecule has 1 atom stereocenters. The van der Waals surface area contributed by atoms with Crippen LogP contribution in [-0.2, 0) is 14.3 Å². The van der Waals surface area contributed by atoms with Gasteiger partial charge in [0.25, 0.3) is 5.78 Å². The maximum absolute atomic E-state index is 13.4. The molecule has 1 amide bonds. The van der Waals surface area contributed by atoms with E-state index in [4.69, 9.17) is 14.2 Å². The lowest BCUT2D eigenvalue weighted by molar-refractivity contribution is -0.132. The van der Waals surface area contributed by atoms with Crippen molar-refractivity contribution in [1.82, 2.24) is 4.98 Å². The van der Waals surface area contributed by atoms with Crippen molar-refractivity contribution in [3.8, 4) is 17.2 Å². The number of methoxy groups -OCH3 is 2. The van der Waals surface area contributed by atoms with Crippen molar-refractivity contribution in [2.75, 3.05) is 25.7 Å². The number of phenols is 1. The summed E-state index contributed by atoms with van der Waals surface area (Å²) in [7, 11) is 2.83. The number of carbonyl (C=O) groups excluding carboxylic acids is 3. The van der Waals surface area contributed by atoms with Crippen molar-refractivity contribution >= 4 is 39.9 Å². The predicted molar refractivity (Wildman–Crippen MR) is 135 cm³/mol. The summed E-state index contributed by atoms with van der Waals surface area (Å²) in [6, 6.07) is 9.61. The zero-order valence-corrected chi connectivity index (χ0v) is 21.3. The number of ether oxygens (including phenoxy) is 3. The maximum Gasteiger partial charge on any atom is 0.350 e. The van der Waals surface area contributed by atoms with Crippen molar-refractivity contribution in [3.63, 3.8) is 0 Å².